The highest BCUT2D eigenvalue weighted by Crippen LogP contribution is 2.34. The minimum Gasteiger partial charge on any atom is -0.415 e. The molecule has 1 aliphatic rings. The first kappa shape index (κ1) is 24.6. The zero-order valence-electron chi connectivity index (χ0n) is 19.2. The lowest BCUT2D eigenvalue weighted by atomic mass is 10.0. The summed E-state index contributed by atoms with van der Waals surface area (Å²) in [5.41, 5.74) is 1.35. The van der Waals surface area contributed by atoms with Crippen LogP contribution in [0.15, 0.2) is 34.9 Å². The molecular formula is C23H24F4N6O2. The Bertz CT molecular complexity index is 1170. The highest BCUT2D eigenvalue weighted by molar-refractivity contribution is 5.84. The average Bonchev–Trinajstić information content (AvgIpc) is 3.35. The summed E-state index contributed by atoms with van der Waals surface area (Å²) in [6.07, 6.45) is 0.679. The second kappa shape index (κ2) is 10.4. The molecule has 0 saturated carbocycles. The van der Waals surface area contributed by atoms with Gasteiger partial charge in [-0.3, -0.25) is 9.78 Å². The molecule has 1 fully saturated rings. The number of alkyl halides is 2. The number of hydrogen-bond donors (Lipinski definition) is 0. The van der Waals surface area contributed by atoms with Gasteiger partial charge in [-0.1, -0.05) is 0 Å². The summed E-state index contributed by atoms with van der Waals surface area (Å²) in [6, 6.07) is 5.30. The van der Waals surface area contributed by atoms with Crippen LogP contribution in [-0.2, 0) is 11.3 Å². The molecule has 186 valence electrons. The van der Waals surface area contributed by atoms with E-state index in [0.717, 1.165) is 38.1 Å². The standard InChI is InChI=1S/C23H24F4N6O2/c1-31-7-5-16(6-8-31)32(2)19-9-17(24)18(25)10-20(19)33(13-34)12-15-4-3-14(11-28-15)22-29-30-23(35-22)21(26)27/h3-4,9-11,13,16,21H,5-8,12H2,1-2H3. The molecule has 3 heterocycles. The second-order valence-electron chi connectivity index (χ2n) is 8.42. The monoisotopic (exact) mass is 492 g/mol. The number of pyridine rings is 1. The summed E-state index contributed by atoms with van der Waals surface area (Å²) in [5, 5.41) is 6.85. The predicted molar refractivity (Wildman–Crippen MR) is 120 cm³/mol. The molecule has 35 heavy (non-hydrogen) atoms. The van der Waals surface area contributed by atoms with Gasteiger partial charge in [-0.25, -0.2) is 8.78 Å². The minimum absolute atomic E-state index is 0.0325. The van der Waals surface area contributed by atoms with Gasteiger partial charge in [0, 0.05) is 31.4 Å². The van der Waals surface area contributed by atoms with Crippen molar-refractivity contribution >= 4 is 17.8 Å². The number of carbonyl (C=O) groups excluding carboxylic acids is 1. The maximum Gasteiger partial charge on any atom is 0.314 e. The number of aromatic nitrogens is 3. The smallest absolute Gasteiger partial charge is 0.314 e. The van der Waals surface area contributed by atoms with E-state index < -0.39 is 24.0 Å². The lowest BCUT2D eigenvalue weighted by Crippen LogP contribution is -2.42. The van der Waals surface area contributed by atoms with E-state index in [-0.39, 0.29) is 24.2 Å². The number of carbonyl (C=O) groups is 1. The van der Waals surface area contributed by atoms with Crippen LogP contribution in [0.4, 0.5) is 28.9 Å². The van der Waals surface area contributed by atoms with Gasteiger partial charge in [0.15, 0.2) is 11.6 Å². The van der Waals surface area contributed by atoms with Crippen LogP contribution in [0.25, 0.3) is 11.5 Å². The molecule has 0 unspecified atom stereocenters. The van der Waals surface area contributed by atoms with Gasteiger partial charge in [0.2, 0.25) is 12.3 Å². The van der Waals surface area contributed by atoms with E-state index in [1.165, 1.54) is 17.2 Å². The van der Waals surface area contributed by atoms with Crippen molar-refractivity contribution in [2.24, 2.45) is 0 Å². The first-order valence-corrected chi connectivity index (χ1v) is 11.0. The van der Waals surface area contributed by atoms with Gasteiger partial charge in [0.05, 0.1) is 29.2 Å². The third kappa shape index (κ3) is 5.42. The Labute approximate surface area is 199 Å². The number of anilines is 2. The van der Waals surface area contributed by atoms with Gasteiger partial charge >= 0.3 is 6.43 Å². The molecule has 0 bridgehead atoms. The Hall–Kier alpha value is -3.54. The predicted octanol–water partition coefficient (Wildman–Crippen LogP) is 4.04. The van der Waals surface area contributed by atoms with Crippen LogP contribution in [0.1, 0.15) is 30.9 Å². The quantitative estimate of drug-likeness (QED) is 0.347. The summed E-state index contributed by atoms with van der Waals surface area (Å²) in [6.45, 7) is 1.72. The SMILES string of the molecule is CN1CCC(N(C)c2cc(F)c(F)cc2N(C=O)Cc2ccc(-c3nnc(C(F)F)o3)cn2)CC1. The third-order valence-corrected chi connectivity index (χ3v) is 6.10. The number of nitrogens with zero attached hydrogens (tertiary/aromatic N) is 6. The van der Waals surface area contributed by atoms with E-state index in [1.54, 1.807) is 13.1 Å². The van der Waals surface area contributed by atoms with Crippen molar-refractivity contribution in [3.05, 3.63) is 53.7 Å². The Morgan fingerprint density at radius 2 is 1.83 bits per heavy atom. The Morgan fingerprint density at radius 1 is 1.14 bits per heavy atom. The van der Waals surface area contributed by atoms with Crippen molar-refractivity contribution in [3.8, 4) is 11.5 Å². The van der Waals surface area contributed by atoms with E-state index in [1.807, 2.05) is 11.9 Å². The Morgan fingerprint density at radius 3 is 2.40 bits per heavy atom. The molecule has 12 heteroatoms. The molecular weight excluding hydrogens is 468 g/mol. The minimum atomic E-state index is -2.89. The maximum absolute atomic E-state index is 14.2. The Balaban J connectivity index is 1.57. The van der Waals surface area contributed by atoms with E-state index in [9.17, 15) is 22.4 Å². The molecule has 0 aliphatic carbocycles. The van der Waals surface area contributed by atoms with Gasteiger partial charge < -0.3 is 19.1 Å². The number of hydrogen-bond acceptors (Lipinski definition) is 7. The molecule has 1 aromatic carbocycles. The van der Waals surface area contributed by atoms with E-state index in [4.69, 9.17) is 4.42 Å². The Kier molecular flexibility index (Phi) is 7.29. The summed E-state index contributed by atoms with van der Waals surface area (Å²) in [5.74, 6) is -2.98. The fraction of sp³-hybridized carbons (Fsp3) is 0.391. The number of likely N-dealkylation sites (tertiary alicyclic amines) is 1. The number of amides is 1. The van der Waals surface area contributed by atoms with Gasteiger partial charge in [-0.05, 0) is 45.1 Å². The number of rotatable bonds is 8. The fourth-order valence-corrected chi connectivity index (χ4v) is 4.06. The normalized spacial score (nSPS) is 14.9. The lowest BCUT2D eigenvalue weighted by Gasteiger charge is -2.38. The van der Waals surface area contributed by atoms with Crippen molar-refractivity contribution < 1.29 is 26.8 Å². The highest BCUT2D eigenvalue weighted by Gasteiger charge is 2.26. The van der Waals surface area contributed by atoms with Crippen molar-refractivity contribution in [1.29, 1.82) is 0 Å². The zero-order chi connectivity index (χ0) is 25.1. The van der Waals surface area contributed by atoms with Crippen LogP contribution in [0.5, 0.6) is 0 Å². The third-order valence-electron chi connectivity index (χ3n) is 6.10. The molecule has 1 aliphatic heterocycles. The van der Waals surface area contributed by atoms with Crippen molar-refractivity contribution in [2.75, 3.05) is 37.0 Å². The molecule has 1 amide bonds. The molecule has 0 spiro atoms. The molecule has 0 radical (unpaired) electrons. The molecule has 1 saturated heterocycles. The first-order chi connectivity index (χ1) is 16.8. The maximum atomic E-state index is 14.2. The molecule has 8 nitrogen and oxygen atoms in total. The molecule has 0 N–H and O–H groups in total. The van der Waals surface area contributed by atoms with Crippen molar-refractivity contribution in [1.82, 2.24) is 20.1 Å². The van der Waals surface area contributed by atoms with Crippen LogP contribution in [0.2, 0.25) is 0 Å². The van der Waals surface area contributed by atoms with E-state index >= 15 is 0 Å². The summed E-state index contributed by atoms with van der Waals surface area (Å²) in [7, 11) is 3.84. The van der Waals surface area contributed by atoms with Gasteiger partial charge in [-0.2, -0.15) is 8.78 Å². The molecule has 0 atom stereocenters. The topological polar surface area (TPSA) is 78.6 Å². The van der Waals surface area contributed by atoms with Crippen LogP contribution in [0.3, 0.4) is 0 Å². The average molecular weight is 492 g/mol. The van der Waals surface area contributed by atoms with Crippen LogP contribution >= 0.6 is 0 Å². The lowest BCUT2D eigenvalue weighted by molar-refractivity contribution is -0.107. The van der Waals surface area contributed by atoms with Crippen LogP contribution < -0.4 is 9.80 Å². The molecule has 4 rings (SSSR count). The van der Waals surface area contributed by atoms with Crippen molar-refractivity contribution in [3.63, 3.8) is 0 Å². The zero-order valence-corrected chi connectivity index (χ0v) is 19.2. The summed E-state index contributed by atoms with van der Waals surface area (Å²) in [4.78, 5) is 21.6. The number of piperidine rings is 1. The molecule has 2 aromatic heterocycles. The fourth-order valence-electron chi connectivity index (χ4n) is 4.06. The summed E-state index contributed by atoms with van der Waals surface area (Å²) < 4.78 is 58.7. The van der Waals surface area contributed by atoms with Crippen LogP contribution in [-0.4, -0.2) is 59.7 Å². The van der Waals surface area contributed by atoms with Gasteiger partial charge in [-0.15, -0.1) is 10.2 Å². The van der Waals surface area contributed by atoms with Crippen molar-refractivity contribution in [2.45, 2.75) is 31.9 Å². The second-order valence-corrected chi connectivity index (χ2v) is 8.42. The molecule has 3 aromatic rings. The highest BCUT2D eigenvalue weighted by atomic mass is 19.3. The van der Waals surface area contributed by atoms with E-state index in [0.29, 0.717) is 23.4 Å². The first-order valence-electron chi connectivity index (χ1n) is 11.0. The van der Waals surface area contributed by atoms with Crippen LogP contribution in [0, 0.1) is 11.6 Å². The largest absolute Gasteiger partial charge is 0.415 e. The van der Waals surface area contributed by atoms with Gasteiger partial charge in [0.25, 0.3) is 5.89 Å². The summed E-state index contributed by atoms with van der Waals surface area (Å²) >= 11 is 0. The number of benzene rings is 1. The number of halogens is 4. The van der Waals surface area contributed by atoms with Gasteiger partial charge in [0.1, 0.15) is 0 Å². The van der Waals surface area contributed by atoms with E-state index in [2.05, 4.69) is 20.1 Å².